The van der Waals surface area contributed by atoms with Gasteiger partial charge in [0.1, 0.15) is 0 Å². The highest BCUT2D eigenvalue weighted by atomic mass is 16.5. The number of nitrogens with two attached hydrogens (primary N) is 1. The van der Waals surface area contributed by atoms with Crippen LogP contribution < -0.4 is 11.1 Å². The number of methoxy groups -OCH3 is 1. The van der Waals surface area contributed by atoms with Gasteiger partial charge in [0.05, 0.1) is 12.1 Å². The number of carbonyl (C=O) groups excluding carboxylic acids is 1. The summed E-state index contributed by atoms with van der Waals surface area (Å²) < 4.78 is 5.44. The van der Waals surface area contributed by atoms with Gasteiger partial charge < -0.3 is 15.8 Å². The maximum Gasteiger partial charge on any atom is 0.223 e. The molecule has 0 aromatic rings. The van der Waals surface area contributed by atoms with Crippen molar-refractivity contribution in [3.63, 3.8) is 0 Å². The van der Waals surface area contributed by atoms with Crippen LogP contribution in [0.25, 0.3) is 0 Å². The first-order valence-electron chi connectivity index (χ1n) is 7.61. The fourth-order valence-electron chi connectivity index (χ4n) is 3.71. The van der Waals surface area contributed by atoms with Crippen molar-refractivity contribution in [2.75, 3.05) is 7.11 Å². The van der Waals surface area contributed by atoms with Crippen LogP contribution in [-0.2, 0) is 9.53 Å². The van der Waals surface area contributed by atoms with E-state index >= 15 is 0 Å². The molecule has 0 aromatic heterocycles. The molecule has 6 atom stereocenters. The Balaban J connectivity index is 1.92. The number of ether oxygens (including phenoxy) is 1. The predicted molar refractivity (Wildman–Crippen MR) is 75.6 cm³/mol. The second-order valence-electron chi connectivity index (χ2n) is 6.52. The van der Waals surface area contributed by atoms with Gasteiger partial charge in [-0.3, -0.25) is 4.79 Å². The SMILES string of the molecule is COC1CCCC1NC(=O)C1CC(N)C(C)CC1C. The van der Waals surface area contributed by atoms with Crippen LogP contribution in [0.4, 0.5) is 0 Å². The Morgan fingerprint density at radius 3 is 2.63 bits per heavy atom. The van der Waals surface area contributed by atoms with Crippen molar-refractivity contribution < 1.29 is 9.53 Å². The van der Waals surface area contributed by atoms with Crippen LogP contribution in [0.5, 0.6) is 0 Å². The molecule has 4 heteroatoms. The molecule has 3 N–H and O–H groups in total. The van der Waals surface area contributed by atoms with Crippen LogP contribution in [0, 0.1) is 17.8 Å². The fraction of sp³-hybridized carbons (Fsp3) is 0.933. The number of carbonyl (C=O) groups is 1. The van der Waals surface area contributed by atoms with Crippen LogP contribution in [0.1, 0.15) is 46.0 Å². The lowest BCUT2D eigenvalue weighted by molar-refractivity contribution is -0.129. The van der Waals surface area contributed by atoms with Crippen molar-refractivity contribution >= 4 is 5.91 Å². The molecule has 19 heavy (non-hydrogen) atoms. The molecule has 2 rings (SSSR count). The highest BCUT2D eigenvalue weighted by Gasteiger charge is 2.37. The van der Waals surface area contributed by atoms with E-state index in [1.54, 1.807) is 7.11 Å². The lowest BCUT2D eigenvalue weighted by Crippen LogP contribution is -2.49. The van der Waals surface area contributed by atoms with Crippen LogP contribution in [0.15, 0.2) is 0 Å². The molecule has 0 heterocycles. The molecular weight excluding hydrogens is 240 g/mol. The molecule has 110 valence electrons. The number of nitrogens with one attached hydrogen (secondary N) is 1. The fourth-order valence-corrected chi connectivity index (χ4v) is 3.71. The first-order valence-corrected chi connectivity index (χ1v) is 7.61. The second kappa shape index (κ2) is 6.23. The summed E-state index contributed by atoms with van der Waals surface area (Å²) in [6.07, 6.45) is 5.29. The van der Waals surface area contributed by atoms with E-state index in [0.717, 1.165) is 32.1 Å². The molecule has 6 unspecified atom stereocenters. The van der Waals surface area contributed by atoms with Gasteiger partial charge in [0.2, 0.25) is 5.91 Å². The van der Waals surface area contributed by atoms with E-state index in [1.807, 2.05) is 0 Å². The summed E-state index contributed by atoms with van der Waals surface area (Å²) in [6, 6.07) is 0.356. The van der Waals surface area contributed by atoms with Crippen molar-refractivity contribution in [3.8, 4) is 0 Å². The van der Waals surface area contributed by atoms with Crippen molar-refractivity contribution in [3.05, 3.63) is 0 Å². The van der Waals surface area contributed by atoms with Gasteiger partial charge in [-0.25, -0.2) is 0 Å². The Morgan fingerprint density at radius 2 is 1.95 bits per heavy atom. The lowest BCUT2D eigenvalue weighted by Gasteiger charge is -2.36. The smallest absolute Gasteiger partial charge is 0.223 e. The third kappa shape index (κ3) is 3.29. The standard InChI is InChI=1S/C15H28N2O2/c1-9-7-10(2)12(16)8-11(9)15(18)17-13-5-4-6-14(13)19-3/h9-14H,4-8,16H2,1-3H3,(H,17,18). The first-order chi connectivity index (χ1) is 9.02. The quantitative estimate of drug-likeness (QED) is 0.818. The highest BCUT2D eigenvalue weighted by Crippen LogP contribution is 2.33. The minimum absolute atomic E-state index is 0.0734. The predicted octanol–water partition coefficient (Wildman–Crippen LogP) is 1.68. The van der Waals surface area contributed by atoms with Gasteiger partial charge in [-0.1, -0.05) is 13.8 Å². The van der Waals surface area contributed by atoms with E-state index in [-0.39, 0.29) is 30.0 Å². The average molecular weight is 268 g/mol. The molecular formula is C15H28N2O2. The van der Waals surface area contributed by atoms with Gasteiger partial charge in [0.15, 0.2) is 0 Å². The number of rotatable bonds is 3. The third-order valence-electron chi connectivity index (χ3n) is 5.11. The van der Waals surface area contributed by atoms with Crippen LogP contribution in [0.2, 0.25) is 0 Å². The molecule has 2 fully saturated rings. The summed E-state index contributed by atoms with van der Waals surface area (Å²) in [6.45, 7) is 4.36. The average Bonchev–Trinajstić information content (AvgIpc) is 2.80. The van der Waals surface area contributed by atoms with Crippen LogP contribution >= 0.6 is 0 Å². The zero-order valence-corrected chi connectivity index (χ0v) is 12.4. The number of amides is 1. The van der Waals surface area contributed by atoms with E-state index in [2.05, 4.69) is 19.2 Å². The number of hydrogen-bond donors (Lipinski definition) is 2. The normalized spacial score (nSPS) is 43.2. The molecule has 0 spiro atoms. The maximum atomic E-state index is 12.5. The van der Waals surface area contributed by atoms with Gasteiger partial charge in [-0.15, -0.1) is 0 Å². The Kier molecular flexibility index (Phi) is 4.85. The molecule has 4 nitrogen and oxygen atoms in total. The summed E-state index contributed by atoms with van der Waals surface area (Å²) in [5.41, 5.74) is 6.13. The van der Waals surface area contributed by atoms with Crippen molar-refractivity contribution in [2.24, 2.45) is 23.5 Å². The van der Waals surface area contributed by atoms with Gasteiger partial charge in [-0.05, 0) is 43.9 Å². The molecule has 2 saturated carbocycles. The highest BCUT2D eigenvalue weighted by molar-refractivity contribution is 5.79. The topological polar surface area (TPSA) is 64.3 Å². The molecule has 2 aliphatic rings. The Bertz CT molecular complexity index is 321. The van der Waals surface area contributed by atoms with Crippen LogP contribution in [0.3, 0.4) is 0 Å². The first kappa shape index (κ1) is 14.8. The van der Waals surface area contributed by atoms with E-state index in [0.29, 0.717) is 11.8 Å². The van der Waals surface area contributed by atoms with E-state index in [1.165, 1.54) is 0 Å². The molecule has 0 aromatic carbocycles. The van der Waals surface area contributed by atoms with Crippen molar-refractivity contribution in [1.82, 2.24) is 5.32 Å². The zero-order valence-electron chi connectivity index (χ0n) is 12.4. The minimum atomic E-state index is 0.0734. The van der Waals surface area contributed by atoms with Gasteiger partial charge in [-0.2, -0.15) is 0 Å². The third-order valence-corrected chi connectivity index (χ3v) is 5.11. The zero-order chi connectivity index (χ0) is 14.0. The van der Waals surface area contributed by atoms with Crippen LogP contribution in [-0.4, -0.2) is 31.2 Å². The molecule has 0 aliphatic heterocycles. The lowest BCUT2D eigenvalue weighted by atomic mass is 9.72. The Labute approximate surface area is 116 Å². The van der Waals surface area contributed by atoms with Gasteiger partial charge in [0, 0.05) is 19.1 Å². The van der Waals surface area contributed by atoms with Crippen molar-refractivity contribution in [1.29, 1.82) is 0 Å². The van der Waals surface area contributed by atoms with E-state index in [9.17, 15) is 4.79 Å². The molecule has 0 bridgehead atoms. The Hall–Kier alpha value is -0.610. The minimum Gasteiger partial charge on any atom is -0.379 e. The molecule has 0 saturated heterocycles. The molecule has 2 aliphatic carbocycles. The van der Waals surface area contributed by atoms with Crippen molar-refractivity contribution in [2.45, 2.75) is 64.1 Å². The summed E-state index contributed by atoms with van der Waals surface area (Å²) in [4.78, 5) is 12.5. The van der Waals surface area contributed by atoms with E-state index in [4.69, 9.17) is 10.5 Å². The monoisotopic (exact) mass is 268 g/mol. The molecule has 1 amide bonds. The largest absolute Gasteiger partial charge is 0.379 e. The maximum absolute atomic E-state index is 12.5. The second-order valence-corrected chi connectivity index (χ2v) is 6.52. The molecule has 0 radical (unpaired) electrons. The van der Waals surface area contributed by atoms with E-state index < -0.39 is 0 Å². The summed E-state index contributed by atoms with van der Waals surface area (Å²) in [5, 5.41) is 3.20. The summed E-state index contributed by atoms with van der Waals surface area (Å²) in [7, 11) is 1.73. The summed E-state index contributed by atoms with van der Waals surface area (Å²) >= 11 is 0. The Morgan fingerprint density at radius 1 is 1.21 bits per heavy atom. The van der Waals surface area contributed by atoms with Gasteiger partial charge >= 0.3 is 0 Å². The van der Waals surface area contributed by atoms with Gasteiger partial charge in [0.25, 0.3) is 0 Å². The summed E-state index contributed by atoms with van der Waals surface area (Å²) in [5.74, 6) is 1.21. The number of hydrogen-bond acceptors (Lipinski definition) is 3.